The van der Waals surface area contributed by atoms with Gasteiger partial charge in [-0.3, -0.25) is 38.6 Å². The summed E-state index contributed by atoms with van der Waals surface area (Å²) in [6.45, 7) is 6.52. The number of hydrogen-bond donors (Lipinski definition) is 16. The average Bonchev–Trinajstić information content (AvgIpc) is 3.68. The van der Waals surface area contributed by atoms with E-state index in [1.807, 2.05) is 18.2 Å². The quantitative estimate of drug-likeness (QED) is 0.0161. The Bertz CT molecular complexity index is 2010. The minimum atomic E-state index is -1.63. The van der Waals surface area contributed by atoms with E-state index in [0.717, 1.165) is 10.9 Å². The topological polar surface area (TPSA) is 393 Å². The van der Waals surface area contributed by atoms with Crippen LogP contribution in [0.2, 0.25) is 0 Å². The van der Waals surface area contributed by atoms with Gasteiger partial charge in [0.05, 0.1) is 12.1 Å². The molecule has 0 fully saturated rings. The van der Waals surface area contributed by atoms with Crippen LogP contribution in [0.4, 0.5) is 0 Å². The fraction of sp³-hybridized carbons (Fsp3) is 0.595. The molecular formula is C42H69N13O10S2. The number of nitrogens with one attached hydrogen (secondary N) is 8. The smallest absolute Gasteiger partial charge is 0.326 e. The molecule has 0 aliphatic carbocycles. The largest absolute Gasteiger partial charge is 0.480 e. The number of aromatic nitrogens is 1. The number of aliphatic hydroxyl groups excluding tert-OH is 1. The van der Waals surface area contributed by atoms with Crippen LogP contribution in [-0.4, -0.2) is 148 Å². The molecule has 23 nitrogen and oxygen atoms in total. The summed E-state index contributed by atoms with van der Waals surface area (Å²) in [6, 6.07) is -3.17. The van der Waals surface area contributed by atoms with E-state index in [2.05, 4.69) is 72.5 Å². The van der Waals surface area contributed by atoms with Crippen LogP contribution in [0.25, 0.3) is 10.9 Å². The third kappa shape index (κ3) is 19.6. The number of para-hydroxylation sites is 1. The van der Waals surface area contributed by atoms with Gasteiger partial charge >= 0.3 is 5.97 Å². The summed E-state index contributed by atoms with van der Waals surface area (Å²) in [6.07, 6.45) is 1.07. The molecule has 0 aliphatic heterocycles. The van der Waals surface area contributed by atoms with Crippen LogP contribution in [0.15, 0.2) is 35.5 Å². The second kappa shape index (κ2) is 29.2. The fourth-order valence-corrected chi connectivity index (χ4v) is 7.17. The number of carboxylic acids is 1. The minimum Gasteiger partial charge on any atom is -0.480 e. The second-order valence-corrected chi connectivity index (χ2v) is 17.2. The van der Waals surface area contributed by atoms with E-state index in [1.54, 1.807) is 26.1 Å². The van der Waals surface area contributed by atoms with Gasteiger partial charge in [0, 0.05) is 41.6 Å². The van der Waals surface area contributed by atoms with Gasteiger partial charge in [0.25, 0.3) is 0 Å². The van der Waals surface area contributed by atoms with Crippen molar-refractivity contribution in [3.05, 3.63) is 36.0 Å². The monoisotopic (exact) mass is 979 g/mol. The van der Waals surface area contributed by atoms with Gasteiger partial charge in [0.1, 0.15) is 42.3 Å². The Morgan fingerprint density at radius 2 is 1.16 bits per heavy atom. The number of benzene rings is 1. The van der Waals surface area contributed by atoms with E-state index in [4.69, 9.17) is 22.9 Å². The van der Waals surface area contributed by atoms with Gasteiger partial charge in [-0.2, -0.15) is 25.3 Å². The molecule has 0 saturated carbocycles. The number of unbranched alkanes of at least 4 members (excludes halogenated alkanes) is 1. The number of carbonyl (C=O) groups is 8. The van der Waals surface area contributed by atoms with Gasteiger partial charge in [-0.15, -0.1) is 0 Å². The van der Waals surface area contributed by atoms with Crippen LogP contribution in [0.3, 0.4) is 0 Å². The van der Waals surface area contributed by atoms with Crippen molar-refractivity contribution >= 4 is 89.4 Å². The number of nitrogens with zero attached hydrogens (tertiary/aromatic N) is 1. The Kier molecular flexibility index (Phi) is 25.1. The molecule has 67 heavy (non-hydrogen) atoms. The number of aliphatic hydroxyl groups is 1. The van der Waals surface area contributed by atoms with Gasteiger partial charge in [-0.1, -0.05) is 32.0 Å². The number of guanidine groups is 1. The molecule has 2 aromatic rings. The fourth-order valence-electron chi connectivity index (χ4n) is 6.66. The van der Waals surface area contributed by atoms with Crippen LogP contribution in [0, 0.1) is 5.92 Å². The Morgan fingerprint density at radius 1 is 0.672 bits per heavy atom. The van der Waals surface area contributed by atoms with E-state index in [9.17, 15) is 48.6 Å². The van der Waals surface area contributed by atoms with Crippen molar-refractivity contribution < 1.29 is 48.6 Å². The Balaban J connectivity index is 2.33. The molecule has 1 heterocycles. The number of H-pyrrole nitrogens is 1. The lowest BCUT2D eigenvalue weighted by molar-refractivity contribution is -0.142. The summed E-state index contributed by atoms with van der Waals surface area (Å²) in [5.41, 5.74) is 23.7. The zero-order valence-corrected chi connectivity index (χ0v) is 40.0. The first-order valence-electron chi connectivity index (χ1n) is 21.9. The first-order chi connectivity index (χ1) is 31.6. The van der Waals surface area contributed by atoms with Crippen LogP contribution < -0.4 is 60.2 Å². The first-order valence-corrected chi connectivity index (χ1v) is 23.2. The van der Waals surface area contributed by atoms with Crippen molar-refractivity contribution in [1.82, 2.24) is 42.2 Å². The Hall–Kier alpha value is -5.63. The lowest BCUT2D eigenvalue weighted by atomic mass is 10.0. The third-order valence-corrected chi connectivity index (χ3v) is 11.0. The molecule has 0 saturated heterocycles. The molecule has 0 unspecified atom stereocenters. The molecule has 0 spiro atoms. The molecule has 7 amide bonds. The summed E-state index contributed by atoms with van der Waals surface area (Å²) < 4.78 is 0. The van der Waals surface area contributed by atoms with Crippen molar-refractivity contribution in [2.45, 2.75) is 127 Å². The lowest BCUT2D eigenvalue weighted by Crippen LogP contribution is -2.62. The Morgan fingerprint density at radius 3 is 1.70 bits per heavy atom. The third-order valence-electron chi connectivity index (χ3n) is 10.3. The average molecular weight is 980 g/mol. The maximum Gasteiger partial charge on any atom is 0.326 e. The highest BCUT2D eigenvalue weighted by molar-refractivity contribution is 7.80. The van der Waals surface area contributed by atoms with E-state index in [0.29, 0.717) is 18.4 Å². The highest BCUT2D eigenvalue weighted by Crippen LogP contribution is 2.19. The van der Waals surface area contributed by atoms with Crippen molar-refractivity contribution in [1.29, 1.82) is 0 Å². The maximum atomic E-state index is 14.1. The van der Waals surface area contributed by atoms with Gasteiger partial charge in [0.15, 0.2) is 5.96 Å². The number of amides is 7. The van der Waals surface area contributed by atoms with E-state index in [-0.39, 0.29) is 68.6 Å². The standard InChI is InChI=1S/C42H69N13O10S2/c1-21(2)16-29(37(60)54-31(19-66)38(61)52-30(41(64)65)17-24-18-48-26-11-6-5-10-25(24)26)51-36(59)27(12-7-8-14-43)49-35(58)28(13-9-15-47-42(45)46)50-40(63)33(23(4)56)55-39(62)32(20-67)53-34(57)22(3)44/h5-6,10-11,18,21-23,27-33,48,56,66-67H,7-9,12-17,19-20,43-44H2,1-4H3,(H,49,58)(H,50,63)(H,51,59)(H,52,61)(H,53,57)(H,54,60)(H,55,62)(H,64,65)(H4,45,46,47)/t22-,23+,27-,28-,29-,30-,31-,32-,33-/m0/s1. The molecular weight excluding hydrogens is 911 g/mol. The van der Waals surface area contributed by atoms with Crippen molar-refractivity contribution in [3.8, 4) is 0 Å². The van der Waals surface area contributed by atoms with Crippen LogP contribution in [0.1, 0.15) is 71.8 Å². The Labute approximate surface area is 400 Å². The SMILES string of the molecule is CC(C)C[C@H](NC(=O)[C@H](CCCCN)NC(=O)[C@H](CCCN=C(N)N)NC(=O)[C@@H](NC(=O)[C@H](CS)NC(=O)[C@H](C)N)[C@@H](C)O)C(=O)N[C@@H](CS)C(=O)N[C@@H](Cc1c[nH]c2ccccc12)C(=O)O. The number of aliphatic carboxylic acids is 1. The van der Waals surface area contributed by atoms with Gasteiger partial charge in [-0.05, 0) is 76.5 Å². The van der Waals surface area contributed by atoms with E-state index < -0.39 is 102 Å². The molecule has 0 bridgehead atoms. The van der Waals surface area contributed by atoms with E-state index >= 15 is 0 Å². The molecule has 2 rings (SSSR count). The predicted molar refractivity (Wildman–Crippen MR) is 258 cm³/mol. The molecule has 18 N–H and O–H groups in total. The van der Waals surface area contributed by atoms with Gasteiger partial charge < -0.3 is 75.3 Å². The highest BCUT2D eigenvalue weighted by Gasteiger charge is 2.35. The zero-order valence-electron chi connectivity index (χ0n) is 38.2. The van der Waals surface area contributed by atoms with Gasteiger partial charge in [0.2, 0.25) is 41.4 Å². The number of fused-ring (bicyclic) bond motifs is 1. The number of rotatable bonds is 30. The molecule has 25 heteroatoms. The van der Waals surface area contributed by atoms with Crippen molar-refractivity contribution in [3.63, 3.8) is 0 Å². The molecule has 1 aromatic carbocycles. The van der Waals surface area contributed by atoms with Crippen LogP contribution in [-0.2, 0) is 44.8 Å². The molecule has 1 aromatic heterocycles. The number of nitrogens with two attached hydrogens (primary N) is 4. The zero-order chi connectivity index (χ0) is 50.4. The predicted octanol–water partition coefficient (Wildman–Crippen LogP) is -3.00. The number of hydrogen-bond acceptors (Lipinski definition) is 14. The molecule has 0 radical (unpaired) electrons. The number of thiol groups is 2. The van der Waals surface area contributed by atoms with E-state index in [1.165, 1.54) is 13.8 Å². The summed E-state index contributed by atoms with van der Waals surface area (Å²) in [5, 5.41) is 39.0. The molecule has 0 aliphatic rings. The van der Waals surface area contributed by atoms with Crippen LogP contribution in [0.5, 0.6) is 0 Å². The molecule has 9 atom stereocenters. The van der Waals surface area contributed by atoms with Crippen LogP contribution >= 0.6 is 25.3 Å². The first kappa shape index (κ1) is 57.5. The highest BCUT2D eigenvalue weighted by atomic mass is 32.1. The van der Waals surface area contributed by atoms with Crippen molar-refractivity contribution in [2.24, 2.45) is 33.8 Å². The second-order valence-electron chi connectivity index (χ2n) is 16.5. The summed E-state index contributed by atoms with van der Waals surface area (Å²) in [5.74, 6) is -7.88. The summed E-state index contributed by atoms with van der Waals surface area (Å²) in [4.78, 5) is 114. The van der Waals surface area contributed by atoms with Gasteiger partial charge in [-0.25, -0.2) is 4.79 Å². The summed E-state index contributed by atoms with van der Waals surface area (Å²) in [7, 11) is 0. The lowest BCUT2D eigenvalue weighted by Gasteiger charge is -2.28. The number of carbonyl (C=O) groups excluding carboxylic acids is 7. The summed E-state index contributed by atoms with van der Waals surface area (Å²) >= 11 is 8.34. The number of aliphatic imine (C=N–C) groups is 1. The number of aromatic amines is 1. The molecule has 374 valence electrons. The van der Waals surface area contributed by atoms with Crippen molar-refractivity contribution in [2.75, 3.05) is 24.6 Å². The maximum absolute atomic E-state index is 14.1. The number of carboxylic acid groups (broad SMARTS) is 1. The minimum absolute atomic E-state index is 0.0404. The normalized spacial score (nSPS) is 15.3.